The number of aromatic nitrogens is 2. The molecule has 0 atom stereocenters. The lowest BCUT2D eigenvalue weighted by molar-refractivity contribution is -0.143. The Hall–Kier alpha value is -3.57. The summed E-state index contributed by atoms with van der Waals surface area (Å²) < 4.78 is 91.7. The van der Waals surface area contributed by atoms with E-state index in [1.807, 2.05) is 0 Å². The van der Waals surface area contributed by atoms with E-state index in [-0.39, 0.29) is 22.0 Å². The molecule has 0 aliphatic heterocycles. The number of alkyl halides is 6. The van der Waals surface area contributed by atoms with Crippen molar-refractivity contribution in [3.05, 3.63) is 71.3 Å². The normalized spacial score (nSPS) is 12.1. The van der Waals surface area contributed by atoms with Crippen molar-refractivity contribution in [3.63, 3.8) is 0 Å². The number of hydrogen-bond donors (Lipinski definition) is 2. The number of halogens is 7. The van der Waals surface area contributed by atoms with Crippen LogP contribution >= 0.6 is 0 Å². The van der Waals surface area contributed by atoms with Crippen molar-refractivity contribution >= 4 is 17.3 Å². The van der Waals surface area contributed by atoms with E-state index < -0.39 is 46.8 Å². The van der Waals surface area contributed by atoms with Gasteiger partial charge in [-0.1, -0.05) is 12.1 Å². The quantitative estimate of drug-likeness (QED) is 0.458. The molecule has 12 heteroatoms. The predicted molar refractivity (Wildman–Crippen MR) is 92.3 cm³/mol. The van der Waals surface area contributed by atoms with Gasteiger partial charge in [-0.25, -0.2) is 9.07 Å². The zero-order chi connectivity index (χ0) is 22.3. The van der Waals surface area contributed by atoms with Crippen molar-refractivity contribution in [1.82, 2.24) is 9.78 Å². The van der Waals surface area contributed by atoms with Crippen LogP contribution in [0.5, 0.6) is 0 Å². The molecule has 0 aliphatic carbocycles. The highest BCUT2D eigenvalue weighted by molar-refractivity contribution is 6.04. The summed E-state index contributed by atoms with van der Waals surface area (Å²) in [6.07, 6.45) is -10.2. The van der Waals surface area contributed by atoms with Gasteiger partial charge in [-0.15, -0.1) is 0 Å². The highest BCUT2D eigenvalue weighted by atomic mass is 19.4. The lowest BCUT2D eigenvalue weighted by Gasteiger charge is -2.14. The van der Waals surface area contributed by atoms with Gasteiger partial charge in [0.05, 0.1) is 16.9 Å². The molecule has 30 heavy (non-hydrogen) atoms. The van der Waals surface area contributed by atoms with E-state index in [4.69, 9.17) is 5.73 Å². The maximum Gasteiger partial charge on any atom is 0.435 e. The Balaban J connectivity index is 1.97. The Morgan fingerprint density at radius 1 is 0.967 bits per heavy atom. The van der Waals surface area contributed by atoms with Crippen LogP contribution in [0.1, 0.15) is 21.7 Å². The third kappa shape index (κ3) is 4.21. The Morgan fingerprint density at radius 2 is 1.63 bits per heavy atom. The van der Waals surface area contributed by atoms with Crippen LogP contribution in [0.25, 0.3) is 5.69 Å². The Labute approximate surface area is 163 Å². The maximum absolute atomic E-state index is 13.7. The van der Waals surface area contributed by atoms with Gasteiger partial charge in [0.15, 0.2) is 5.69 Å². The van der Waals surface area contributed by atoms with Gasteiger partial charge in [0, 0.05) is 11.8 Å². The molecule has 3 aromatic rings. The van der Waals surface area contributed by atoms with Crippen LogP contribution in [0.15, 0.2) is 48.5 Å². The van der Waals surface area contributed by atoms with E-state index in [2.05, 4.69) is 10.4 Å². The van der Waals surface area contributed by atoms with E-state index in [1.165, 1.54) is 18.2 Å². The number of anilines is 2. The van der Waals surface area contributed by atoms with Crippen molar-refractivity contribution in [1.29, 1.82) is 0 Å². The van der Waals surface area contributed by atoms with Crippen LogP contribution in [0.4, 0.5) is 42.1 Å². The number of carbonyl (C=O) groups excluding carboxylic acids is 1. The van der Waals surface area contributed by atoms with Gasteiger partial charge in [0.25, 0.3) is 5.91 Å². The first-order valence-electron chi connectivity index (χ1n) is 8.08. The lowest BCUT2D eigenvalue weighted by atomic mass is 10.2. The number of nitrogens with two attached hydrogens (primary N) is 1. The van der Waals surface area contributed by atoms with Crippen LogP contribution in [0.3, 0.4) is 0 Å². The number of carbonyl (C=O) groups is 1. The van der Waals surface area contributed by atoms with Crippen LogP contribution in [0, 0.1) is 5.82 Å². The molecule has 0 bridgehead atoms. The second-order valence-corrected chi connectivity index (χ2v) is 6.03. The minimum atomic E-state index is -5.14. The summed E-state index contributed by atoms with van der Waals surface area (Å²) in [7, 11) is 0. The van der Waals surface area contributed by atoms with Gasteiger partial charge in [-0.3, -0.25) is 4.79 Å². The van der Waals surface area contributed by atoms with Crippen molar-refractivity contribution in [2.45, 2.75) is 12.4 Å². The van der Waals surface area contributed by atoms with Crippen LogP contribution < -0.4 is 11.1 Å². The molecule has 1 aromatic heterocycles. The molecule has 5 nitrogen and oxygen atoms in total. The molecular formula is C18H11F7N4O. The highest BCUT2D eigenvalue weighted by Gasteiger charge is 2.42. The second kappa shape index (κ2) is 7.35. The average Bonchev–Trinajstić information content (AvgIpc) is 3.08. The lowest BCUT2D eigenvalue weighted by Crippen LogP contribution is -2.16. The number of nitrogens with zero attached hydrogens (tertiary/aromatic N) is 2. The number of nitrogens with one attached hydrogen (secondary N) is 1. The van der Waals surface area contributed by atoms with E-state index in [0.29, 0.717) is 0 Å². The molecule has 0 unspecified atom stereocenters. The molecule has 158 valence electrons. The summed E-state index contributed by atoms with van der Waals surface area (Å²) in [5.41, 5.74) is 1.09. The maximum atomic E-state index is 13.7. The fourth-order valence-corrected chi connectivity index (χ4v) is 2.57. The largest absolute Gasteiger partial charge is 0.435 e. The van der Waals surface area contributed by atoms with Crippen LogP contribution in [0.2, 0.25) is 0 Å². The number of hydrogen-bond acceptors (Lipinski definition) is 3. The highest BCUT2D eigenvalue weighted by Crippen LogP contribution is 2.37. The summed E-state index contributed by atoms with van der Waals surface area (Å²) in [6, 6.07) is 7.99. The summed E-state index contributed by atoms with van der Waals surface area (Å²) in [4.78, 5) is 12.1. The standard InChI is InChI=1S/C18H11F7N4O/c19-11-4-2-1-3-10(11)16(30)27-9-5-6-13(12(26)7-9)29-15(18(23,24)25)8-14(28-29)17(20,21)22/h1-8H,26H2,(H,27,30). The molecule has 0 aliphatic rings. The molecule has 1 amide bonds. The Morgan fingerprint density at radius 3 is 2.20 bits per heavy atom. The van der Waals surface area contributed by atoms with Crippen molar-refractivity contribution in [2.75, 3.05) is 11.1 Å². The van der Waals surface area contributed by atoms with Crippen LogP contribution in [-0.4, -0.2) is 15.7 Å². The molecular weight excluding hydrogens is 421 g/mol. The first-order valence-corrected chi connectivity index (χ1v) is 8.08. The monoisotopic (exact) mass is 432 g/mol. The van der Waals surface area contributed by atoms with Crippen molar-refractivity contribution in [3.8, 4) is 5.69 Å². The van der Waals surface area contributed by atoms with Crippen molar-refractivity contribution < 1.29 is 35.5 Å². The van der Waals surface area contributed by atoms with Crippen LogP contribution in [-0.2, 0) is 12.4 Å². The molecule has 0 spiro atoms. The topological polar surface area (TPSA) is 72.9 Å². The Kier molecular flexibility index (Phi) is 5.18. The second-order valence-electron chi connectivity index (χ2n) is 6.03. The molecule has 3 N–H and O–H groups in total. The average molecular weight is 432 g/mol. The van der Waals surface area contributed by atoms with E-state index in [1.54, 1.807) is 0 Å². The molecule has 0 saturated carbocycles. The van der Waals surface area contributed by atoms with Gasteiger partial charge in [-0.2, -0.15) is 31.4 Å². The molecule has 0 radical (unpaired) electrons. The third-order valence-corrected chi connectivity index (χ3v) is 3.92. The Bertz CT molecular complexity index is 1100. The minimum Gasteiger partial charge on any atom is -0.397 e. The van der Waals surface area contributed by atoms with Gasteiger partial charge < -0.3 is 11.1 Å². The molecule has 2 aromatic carbocycles. The molecule has 0 fully saturated rings. The predicted octanol–water partition coefficient (Wildman–Crippen LogP) is 4.88. The van der Waals surface area contributed by atoms with Crippen molar-refractivity contribution in [2.24, 2.45) is 0 Å². The number of nitrogen functional groups attached to an aromatic ring is 1. The number of amides is 1. The fourth-order valence-electron chi connectivity index (χ4n) is 2.57. The first-order chi connectivity index (χ1) is 13.9. The summed E-state index contributed by atoms with van der Waals surface area (Å²) in [6.45, 7) is 0. The van der Waals surface area contributed by atoms with Gasteiger partial charge in [0.1, 0.15) is 11.5 Å². The third-order valence-electron chi connectivity index (χ3n) is 3.92. The number of rotatable bonds is 3. The molecule has 0 saturated heterocycles. The summed E-state index contributed by atoms with van der Waals surface area (Å²) in [5.74, 6) is -1.65. The zero-order valence-corrected chi connectivity index (χ0v) is 14.6. The minimum absolute atomic E-state index is 0.0127. The van der Waals surface area contributed by atoms with Gasteiger partial charge in [-0.05, 0) is 30.3 Å². The van der Waals surface area contributed by atoms with Gasteiger partial charge >= 0.3 is 12.4 Å². The zero-order valence-electron chi connectivity index (χ0n) is 14.6. The molecule has 3 rings (SSSR count). The first kappa shape index (κ1) is 21.1. The van der Waals surface area contributed by atoms with E-state index in [0.717, 1.165) is 24.3 Å². The molecule has 1 heterocycles. The van der Waals surface area contributed by atoms with E-state index in [9.17, 15) is 35.5 Å². The fraction of sp³-hybridized carbons (Fsp3) is 0.111. The van der Waals surface area contributed by atoms with Gasteiger partial charge in [0.2, 0.25) is 0 Å². The smallest absolute Gasteiger partial charge is 0.397 e. The number of benzene rings is 2. The summed E-state index contributed by atoms with van der Waals surface area (Å²) in [5, 5.41) is 5.29. The summed E-state index contributed by atoms with van der Waals surface area (Å²) >= 11 is 0. The van der Waals surface area contributed by atoms with E-state index >= 15 is 0 Å². The SMILES string of the molecule is Nc1cc(NC(=O)c2ccccc2F)ccc1-n1nc(C(F)(F)F)cc1C(F)(F)F.